The lowest BCUT2D eigenvalue weighted by atomic mass is 10.2. The third-order valence-electron chi connectivity index (χ3n) is 0.929. The van der Waals surface area contributed by atoms with Gasteiger partial charge in [0.25, 0.3) is 0 Å². The number of allylic oxidation sites excluding steroid dienone is 1. The molecule has 0 aliphatic rings. The summed E-state index contributed by atoms with van der Waals surface area (Å²) in [4.78, 5) is 0. The molecule has 0 aromatic rings. The van der Waals surface area contributed by atoms with Crippen molar-refractivity contribution >= 4 is 0 Å². The summed E-state index contributed by atoms with van der Waals surface area (Å²) < 4.78 is 0. The second-order valence-corrected chi connectivity index (χ2v) is 1.76. The van der Waals surface area contributed by atoms with Crippen molar-refractivity contribution in [3.05, 3.63) is 11.8 Å². The van der Waals surface area contributed by atoms with E-state index in [1.807, 2.05) is 6.92 Å². The number of hydrogen-bond acceptors (Lipinski definition) is 1. The van der Waals surface area contributed by atoms with E-state index in [1.165, 1.54) is 12.0 Å². The highest BCUT2D eigenvalue weighted by Crippen LogP contribution is 1.98. The molecule has 7 heavy (non-hydrogen) atoms. The van der Waals surface area contributed by atoms with E-state index in [0.717, 1.165) is 6.42 Å². The number of hydrogen-bond donors (Lipinski definition) is 1. The fraction of sp³-hybridized carbons (Fsp3) is 0.667. The molecule has 0 aliphatic carbocycles. The van der Waals surface area contributed by atoms with Crippen molar-refractivity contribution < 1.29 is 0 Å². The van der Waals surface area contributed by atoms with Crippen LogP contribution in [0.1, 0.15) is 26.7 Å². The summed E-state index contributed by atoms with van der Waals surface area (Å²) in [5.74, 6) is 0. The SMILES string of the molecule is CCC/C(C)=C/N. The molecule has 42 valence electrons. The molecule has 0 aliphatic heterocycles. The first-order valence-electron chi connectivity index (χ1n) is 2.68. The van der Waals surface area contributed by atoms with E-state index in [1.54, 1.807) is 6.20 Å². The molecule has 0 aromatic heterocycles. The van der Waals surface area contributed by atoms with Gasteiger partial charge in [0, 0.05) is 0 Å². The molecule has 2 N–H and O–H groups in total. The summed E-state index contributed by atoms with van der Waals surface area (Å²) >= 11 is 0. The van der Waals surface area contributed by atoms with Crippen LogP contribution in [0.5, 0.6) is 0 Å². The maximum Gasteiger partial charge on any atom is -0.00733 e. The molecule has 0 rings (SSSR count). The van der Waals surface area contributed by atoms with Crippen LogP contribution in [0.25, 0.3) is 0 Å². The molecular formula is C6H13N. The van der Waals surface area contributed by atoms with E-state index >= 15 is 0 Å². The Kier molecular flexibility index (Phi) is 3.48. The molecule has 0 saturated heterocycles. The van der Waals surface area contributed by atoms with Gasteiger partial charge < -0.3 is 5.73 Å². The van der Waals surface area contributed by atoms with Crippen molar-refractivity contribution in [2.24, 2.45) is 5.73 Å². The first-order chi connectivity index (χ1) is 3.31. The van der Waals surface area contributed by atoms with Crippen LogP contribution in [0.3, 0.4) is 0 Å². The maximum atomic E-state index is 5.20. The van der Waals surface area contributed by atoms with Gasteiger partial charge in [-0.25, -0.2) is 0 Å². The lowest BCUT2D eigenvalue weighted by molar-refractivity contribution is 0.901. The van der Waals surface area contributed by atoms with Gasteiger partial charge in [-0.15, -0.1) is 0 Å². The molecule has 0 atom stereocenters. The van der Waals surface area contributed by atoms with E-state index < -0.39 is 0 Å². The van der Waals surface area contributed by atoms with E-state index in [2.05, 4.69) is 6.92 Å². The molecule has 0 aromatic carbocycles. The van der Waals surface area contributed by atoms with Gasteiger partial charge in [-0.1, -0.05) is 18.9 Å². The van der Waals surface area contributed by atoms with Crippen LogP contribution in [-0.4, -0.2) is 0 Å². The van der Waals surface area contributed by atoms with Crippen LogP contribution in [0, 0.1) is 0 Å². The average Bonchev–Trinajstić information content (AvgIpc) is 1.68. The molecule has 0 spiro atoms. The van der Waals surface area contributed by atoms with Crippen molar-refractivity contribution in [2.45, 2.75) is 26.7 Å². The minimum Gasteiger partial charge on any atom is -0.405 e. The van der Waals surface area contributed by atoms with Gasteiger partial charge in [-0.05, 0) is 19.5 Å². The zero-order chi connectivity index (χ0) is 5.70. The van der Waals surface area contributed by atoms with Crippen molar-refractivity contribution in [2.75, 3.05) is 0 Å². The number of rotatable bonds is 2. The Morgan fingerprint density at radius 2 is 2.29 bits per heavy atom. The zero-order valence-electron chi connectivity index (χ0n) is 5.07. The standard InChI is InChI=1S/C6H13N/c1-3-4-6(2)5-7/h5H,3-4,7H2,1-2H3/b6-5+. The summed E-state index contributed by atoms with van der Waals surface area (Å²) in [6, 6.07) is 0. The molecule has 0 bridgehead atoms. The Bertz CT molecular complexity index is 64.6. The Labute approximate surface area is 45.2 Å². The molecular weight excluding hydrogens is 86.1 g/mol. The maximum absolute atomic E-state index is 5.20. The van der Waals surface area contributed by atoms with Gasteiger partial charge in [-0.3, -0.25) is 0 Å². The van der Waals surface area contributed by atoms with Gasteiger partial charge in [0.15, 0.2) is 0 Å². The molecule has 0 unspecified atom stereocenters. The predicted octanol–water partition coefficient (Wildman–Crippen LogP) is 1.65. The Hall–Kier alpha value is -0.460. The smallest absolute Gasteiger partial charge is 0.00733 e. The first-order valence-corrected chi connectivity index (χ1v) is 2.68. The summed E-state index contributed by atoms with van der Waals surface area (Å²) in [7, 11) is 0. The normalized spacial score (nSPS) is 12.0. The van der Waals surface area contributed by atoms with E-state index in [4.69, 9.17) is 5.73 Å². The van der Waals surface area contributed by atoms with Gasteiger partial charge in [0.05, 0.1) is 0 Å². The molecule has 0 saturated carbocycles. The molecule has 1 heteroatoms. The van der Waals surface area contributed by atoms with Gasteiger partial charge in [-0.2, -0.15) is 0 Å². The Morgan fingerprint density at radius 1 is 1.71 bits per heavy atom. The minimum absolute atomic E-state index is 1.14. The van der Waals surface area contributed by atoms with E-state index in [9.17, 15) is 0 Å². The van der Waals surface area contributed by atoms with Crippen LogP contribution in [-0.2, 0) is 0 Å². The molecule has 0 amide bonds. The molecule has 0 heterocycles. The van der Waals surface area contributed by atoms with Crippen molar-refractivity contribution in [3.8, 4) is 0 Å². The molecule has 1 nitrogen and oxygen atoms in total. The lowest BCUT2D eigenvalue weighted by Crippen LogP contribution is -1.82. The Morgan fingerprint density at radius 3 is 2.43 bits per heavy atom. The highest BCUT2D eigenvalue weighted by Gasteiger charge is 1.80. The van der Waals surface area contributed by atoms with Crippen LogP contribution < -0.4 is 5.73 Å². The van der Waals surface area contributed by atoms with Crippen molar-refractivity contribution in [1.82, 2.24) is 0 Å². The summed E-state index contributed by atoms with van der Waals surface area (Å²) in [6.07, 6.45) is 4.00. The largest absolute Gasteiger partial charge is 0.405 e. The van der Waals surface area contributed by atoms with Gasteiger partial charge in [0.1, 0.15) is 0 Å². The van der Waals surface area contributed by atoms with Crippen LogP contribution in [0.4, 0.5) is 0 Å². The third-order valence-corrected chi connectivity index (χ3v) is 0.929. The summed E-state index contributed by atoms with van der Waals surface area (Å²) in [5, 5.41) is 0. The highest BCUT2D eigenvalue weighted by molar-refractivity contribution is 4.93. The minimum atomic E-state index is 1.14. The quantitative estimate of drug-likeness (QED) is 0.559. The highest BCUT2D eigenvalue weighted by atomic mass is 14.5. The molecule has 0 radical (unpaired) electrons. The third kappa shape index (κ3) is 3.37. The second kappa shape index (κ2) is 3.72. The number of nitrogens with two attached hydrogens (primary N) is 1. The van der Waals surface area contributed by atoms with Crippen LogP contribution in [0.15, 0.2) is 11.8 Å². The summed E-state index contributed by atoms with van der Waals surface area (Å²) in [6.45, 7) is 4.19. The second-order valence-electron chi connectivity index (χ2n) is 1.76. The fourth-order valence-corrected chi connectivity index (χ4v) is 0.478. The van der Waals surface area contributed by atoms with Crippen molar-refractivity contribution in [3.63, 3.8) is 0 Å². The fourth-order valence-electron chi connectivity index (χ4n) is 0.478. The average molecular weight is 99.2 g/mol. The van der Waals surface area contributed by atoms with Gasteiger partial charge in [0.2, 0.25) is 0 Å². The van der Waals surface area contributed by atoms with Crippen LogP contribution in [0.2, 0.25) is 0 Å². The van der Waals surface area contributed by atoms with Crippen LogP contribution >= 0.6 is 0 Å². The first kappa shape index (κ1) is 6.54. The monoisotopic (exact) mass is 99.1 g/mol. The topological polar surface area (TPSA) is 26.0 Å². The summed E-state index contributed by atoms with van der Waals surface area (Å²) in [5.41, 5.74) is 6.48. The van der Waals surface area contributed by atoms with E-state index in [-0.39, 0.29) is 0 Å². The Balaban J connectivity index is 3.17. The predicted molar refractivity (Wildman–Crippen MR) is 32.9 cm³/mol. The van der Waals surface area contributed by atoms with Crippen molar-refractivity contribution in [1.29, 1.82) is 0 Å². The molecule has 0 fully saturated rings. The zero-order valence-corrected chi connectivity index (χ0v) is 5.07. The van der Waals surface area contributed by atoms with E-state index in [0.29, 0.717) is 0 Å². The lowest BCUT2D eigenvalue weighted by Gasteiger charge is -1.90. The van der Waals surface area contributed by atoms with Gasteiger partial charge >= 0.3 is 0 Å².